The lowest BCUT2D eigenvalue weighted by Crippen LogP contribution is -2.40. The van der Waals surface area contributed by atoms with Gasteiger partial charge in [0.2, 0.25) is 0 Å². The summed E-state index contributed by atoms with van der Waals surface area (Å²) in [5.74, 6) is 0.749. The molecule has 1 aromatic heterocycles. The maximum atomic E-state index is 6.29. The third-order valence-electron chi connectivity index (χ3n) is 4.73. The van der Waals surface area contributed by atoms with E-state index in [9.17, 15) is 0 Å². The van der Waals surface area contributed by atoms with E-state index in [0.717, 1.165) is 17.1 Å². The van der Waals surface area contributed by atoms with Crippen molar-refractivity contribution in [3.8, 4) is 5.75 Å². The quantitative estimate of drug-likeness (QED) is 0.290. The van der Waals surface area contributed by atoms with Crippen LogP contribution in [0.2, 0.25) is 18.1 Å². The van der Waals surface area contributed by atoms with Crippen LogP contribution in [-0.2, 0) is 11.0 Å². The molecule has 1 aromatic carbocycles. The van der Waals surface area contributed by atoms with E-state index >= 15 is 0 Å². The van der Waals surface area contributed by atoms with Crippen LogP contribution in [0.25, 0.3) is 0 Å². The van der Waals surface area contributed by atoms with Gasteiger partial charge in [-0.15, -0.1) is 0 Å². The zero-order valence-electron chi connectivity index (χ0n) is 15.8. The summed E-state index contributed by atoms with van der Waals surface area (Å²) in [6.07, 6.45) is 3.53. The van der Waals surface area contributed by atoms with Crippen molar-refractivity contribution in [2.45, 2.75) is 45.5 Å². The van der Waals surface area contributed by atoms with Crippen molar-refractivity contribution in [2.75, 3.05) is 10.2 Å². The molecule has 0 saturated carbocycles. The van der Waals surface area contributed by atoms with Gasteiger partial charge in [-0.3, -0.25) is 8.10 Å². The fraction of sp³-hybridized carbons (Fsp3) is 0.421. The molecule has 0 unspecified atom stereocenters. The lowest BCUT2D eigenvalue weighted by atomic mass is 10.2. The van der Waals surface area contributed by atoms with Crippen LogP contribution in [0.4, 0.5) is 11.4 Å². The van der Waals surface area contributed by atoms with E-state index < -0.39 is 8.32 Å². The second-order valence-electron chi connectivity index (χ2n) is 7.58. The molecule has 0 aliphatic rings. The molecular weight excluding hydrogens is 443 g/mol. The Hall–Kier alpha value is -1.12. The Kier molecular flexibility index (Phi) is 6.50. The van der Waals surface area contributed by atoms with Crippen molar-refractivity contribution in [3.05, 3.63) is 48.3 Å². The number of hydrogen-bond donors (Lipinski definition) is 0. The van der Waals surface area contributed by atoms with Crippen LogP contribution in [0, 0.1) is 0 Å². The molecule has 4 nitrogen and oxygen atoms in total. The first kappa shape index (κ1) is 20.2. The van der Waals surface area contributed by atoms with Crippen molar-refractivity contribution < 1.29 is 9.16 Å². The van der Waals surface area contributed by atoms with Gasteiger partial charge in [0.25, 0.3) is 0 Å². The van der Waals surface area contributed by atoms with Crippen LogP contribution in [0.5, 0.6) is 5.75 Å². The smallest absolute Gasteiger partial charge is 0.192 e. The highest BCUT2D eigenvalue weighted by atomic mass is 127. The van der Waals surface area contributed by atoms with Gasteiger partial charge in [-0.2, -0.15) is 0 Å². The van der Waals surface area contributed by atoms with E-state index in [1.807, 2.05) is 12.3 Å². The van der Waals surface area contributed by atoms with Crippen molar-refractivity contribution in [2.24, 2.45) is 0 Å². The van der Waals surface area contributed by atoms with Crippen molar-refractivity contribution in [3.63, 3.8) is 0 Å². The van der Waals surface area contributed by atoms with Crippen LogP contribution < -0.4 is 7.85 Å². The first-order chi connectivity index (χ1) is 11.6. The fourth-order valence-corrected chi connectivity index (χ4v) is 3.52. The zero-order chi connectivity index (χ0) is 18.7. The molecule has 0 amide bonds. The largest absolute Gasteiger partial charge is 0.495 e. The Balaban J connectivity index is 2.06. The lowest BCUT2D eigenvalue weighted by Gasteiger charge is -2.36. The molecule has 0 atom stereocenters. The van der Waals surface area contributed by atoms with E-state index in [0.29, 0.717) is 6.61 Å². The minimum absolute atomic E-state index is 0.227. The number of aromatic nitrogens is 1. The molecule has 0 saturated heterocycles. The van der Waals surface area contributed by atoms with Gasteiger partial charge in [-0.25, -0.2) is 0 Å². The van der Waals surface area contributed by atoms with Gasteiger partial charge in [0.05, 0.1) is 60.3 Å². The molecule has 0 aliphatic carbocycles. The number of rotatable bonds is 6. The second kappa shape index (κ2) is 8.05. The van der Waals surface area contributed by atoms with Gasteiger partial charge in [0, 0.05) is 6.07 Å². The molecule has 0 aliphatic heterocycles. The summed E-state index contributed by atoms with van der Waals surface area (Å²) in [4.78, 5) is 4.21. The van der Waals surface area contributed by atoms with Crippen molar-refractivity contribution in [1.29, 1.82) is 0 Å². The van der Waals surface area contributed by atoms with E-state index in [-0.39, 0.29) is 5.04 Å². The molecule has 6 heteroatoms. The molecule has 136 valence electrons. The number of halogens is 1. The molecule has 0 bridgehead atoms. The molecule has 0 N–H and O–H groups in total. The third kappa shape index (κ3) is 5.18. The van der Waals surface area contributed by atoms with Gasteiger partial charge in [-0.05, 0) is 35.8 Å². The molecule has 0 spiro atoms. The number of benzene rings is 1. The number of anilines is 2. The summed E-state index contributed by atoms with van der Waals surface area (Å²) in [7, 11) is -0.0720. The van der Waals surface area contributed by atoms with Crippen molar-refractivity contribution in [1.82, 2.24) is 4.98 Å². The topological polar surface area (TPSA) is 34.6 Å². The van der Waals surface area contributed by atoms with Crippen LogP contribution in [0.15, 0.2) is 42.7 Å². The average molecular weight is 470 g/mol. The summed E-state index contributed by atoms with van der Waals surface area (Å²) in [6, 6.07) is 10.4. The highest BCUT2D eigenvalue weighted by Crippen LogP contribution is 2.37. The standard InChI is InChI=1S/C19H27IN2O2Si/c1-19(2,3)25(5,6)24-14-15-7-9-16(10-8-15)22(20)17-11-18(23-4)13-21-12-17/h7-13H,14H2,1-6H3. The van der Waals surface area contributed by atoms with E-state index in [1.54, 1.807) is 13.3 Å². The van der Waals surface area contributed by atoms with Crippen LogP contribution >= 0.6 is 22.9 Å². The number of ether oxygens (including phenoxy) is 1. The molecular formula is C19H27IN2O2Si. The molecule has 0 fully saturated rings. The third-order valence-corrected chi connectivity index (χ3v) is 10.3. The zero-order valence-corrected chi connectivity index (χ0v) is 19.0. The summed E-state index contributed by atoms with van der Waals surface area (Å²) in [5.41, 5.74) is 3.26. The minimum atomic E-state index is -1.72. The predicted octanol–water partition coefficient (Wildman–Crippen LogP) is 6.10. The minimum Gasteiger partial charge on any atom is -0.495 e. The van der Waals surface area contributed by atoms with Crippen molar-refractivity contribution >= 4 is 42.6 Å². The monoisotopic (exact) mass is 470 g/mol. The van der Waals surface area contributed by atoms with Gasteiger partial charge in [-0.1, -0.05) is 32.9 Å². The van der Waals surface area contributed by atoms with E-state index in [2.05, 4.69) is 89.1 Å². The summed E-state index contributed by atoms with van der Waals surface area (Å²) in [6.45, 7) is 12.0. The Morgan fingerprint density at radius 3 is 2.28 bits per heavy atom. The van der Waals surface area contributed by atoms with Crippen LogP contribution in [0.3, 0.4) is 0 Å². The molecule has 25 heavy (non-hydrogen) atoms. The average Bonchev–Trinajstić information content (AvgIpc) is 2.59. The summed E-state index contributed by atoms with van der Waals surface area (Å²) >= 11 is 2.28. The predicted molar refractivity (Wildman–Crippen MR) is 115 cm³/mol. The lowest BCUT2D eigenvalue weighted by molar-refractivity contribution is 0.276. The van der Waals surface area contributed by atoms with E-state index in [1.165, 1.54) is 5.56 Å². The maximum Gasteiger partial charge on any atom is 0.192 e. The number of hydrogen-bond acceptors (Lipinski definition) is 4. The summed E-state index contributed by atoms with van der Waals surface area (Å²) < 4.78 is 13.6. The Morgan fingerprint density at radius 2 is 1.72 bits per heavy atom. The SMILES string of the molecule is COc1cncc(N(I)c2ccc(CO[Si](C)(C)C(C)(C)C)cc2)c1. The summed E-state index contributed by atoms with van der Waals surface area (Å²) in [5, 5.41) is 0.227. The number of nitrogens with zero attached hydrogens (tertiary/aromatic N) is 2. The number of pyridine rings is 1. The van der Waals surface area contributed by atoms with Crippen LogP contribution in [0.1, 0.15) is 26.3 Å². The molecule has 2 aromatic rings. The Morgan fingerprint density at radius 1 is 1.08 bits per heavy atom. The van der Waals surface area contributed by atoms with Crippen LogP contribution in [-0.4, -0.2) is 20.4 Å². The highest BCUT2D eigenvalue weighted by Gasteiger charge is 2.36. The van der Waals surface area contributed by atoms with Gasteiger partial charge >= 0.3 is 0 Å². The van der Waals surface area contributed by atoms with Gasteiger partial charge in [0.15, 0.2) is 8.32 Å². The molecule has 2 rings (SSSR count). The number of methoxy groups -OCH3 is 1. The second-order valence-corrected chi connectivity index (χ2v) is 13.4. The molecule has 1 heterocycles. The highest BCUT2D eigenvalue weighted by molar-refractivity contribution is 14.1. The maximum absolute atomic E-state index is 6.29. The Bertz CT molecular complexity index is 699. The normalized spacial score (nSPS) is 12.1. The van der Waals surface area contributed by atoms with Gasteiger partial charge in [0.1, 0.15) is 5.75 Å². The molecule has 0 radical (unpaired) electrons. The van der Waals surface area contributed by atoms with Gasteiger partial charge < -0.3 is 9.16 Å². The van der Waals surface area contributed by atoms with E-state index in [4.69, 9.17) is 9.16 Å². The first-order valence-electron chi connectivity index (χ1n) is 8.32. The first-order valence-corrected chi connectivity index (χ1v) is 12.2. The Labute approximate surface area is 166 Å². The fourth-order valence-electron chi connectivity index (χ4n) is 1.98.